The highest BCUT2D eigenvalue weighted by molar-refractivity contribution is 7.10. The molecule has 0 aliphatic rings. The number of para-hydroxylation sites is 1. The van der Waals surface area contributed by atoms with Gasteiger partial charge in [-0.25, -0.2) is 5.48 Å². The second kappa shape index (κ2) is 11.0. The van der Waals surface area contributed by atoms with Crippen LogP contribution in [0, 0.1) is 6.92 Å². The van der Waals surface area contributed by atoms with Crippen molar-refractivity contribution in [2.45, 2.75) is 32.2 Å². The van der Waals surface area contributed by atoms with Crippen molar-refractivity contribution in [3.05, 3.63) is 88.2 Å². The number of pyridine rings is 1. The zero-order valence-corrected chi connectivity index (χ0v) is 20.3. The summed E-state index contributed by atoms with van der Waals surface area (Å²) in [5, 5.41) is 11.5. The first kappa shape index (κ1) is 26.1. The number of nitrogens with one attached hydrogen (secondary N) is 1. The molecule has 4 rings (SSSR count). The highest BCUT2D eigenvalue weighted by Gasteiger charge is 2.46. The maximum absolute atomic E-state index is 13.6. The number of fused-ring (bicyclic) bond motifs is 1. The summed E-state index contributed by atoms with van der Waals surface area (Å²) >= 11 is 1.09. The largest absolute Gasteiger partial charge is 0.489 e. The molecule has 1 atom stereocenters. The van der Waals surface area contributed by atoms with Crippen molar-refractivity contribution in [2.24, 2.45) is 0 Å². The molecule has 0 fully saturated rings. The standard InChI is InChI=1S/C26H22F3N3O4S/c1-16-13-17(20-5-2-3-6-21(20)30-16)15-36-19-10-8-18(9-11-19)32(25(34)26(27,28)29)22(14-24(33)31-35)23-7-4-12-37-23/h2-13,22,35H,14-15H2,1H3,(H,31,33). The molecule has 2 amide bonds. The number of hydrogen-bond donors (Lipinski definition) is 2. The van der Waals surface area contributed by atoms with Crippen LogP contribution in [0.4, 0.5) is 18.9 Å². The van der Waals surface area contributed by atoms with Crippen LogP contribution in [0.1, 0.15) is 28.6 Å². The number of rotatable bonds is 8. The van der Waals surface area contributed by atoms with E-state index in [1.807, 2.05) is 37.3 Å². The van der Waals surface area contributed by atoms with Crippen molar-refractivity contribution in [1.29, 1.82) is 0 Å². The highest BCUT2D eigenvalue weighted by atomic mass is 32.1. The lowest BCUT2D eigenvalue weighted by atomic mass is 10.1. The van der Waals surface area contributed by atoms with Crippen molar-refractivity contribution in [3.63, 3.8) is 0 Å². The molecule has 0 aliphatic carbocycles. The lowest BCUT2D eigenvalue weighted by Crippen LogP contribution is -2.44. The Morgan fingerprint density at radius 1 is 1.11 bits per heavy atom. The molecule has 7 nitrogen and oxygen atoms in total. The summed E-state index contributed by atoms with van der Waals surface area (Å²) in [5.74, 6) is -2.69. The van der Waals surface area contributed by atoms with Gasteiger partial charge in [-0.05, 0) is 54.8 Å². The number of ether oxygens (including phenoxy) is 1. The lowest BCUT2D eigenvalue weighted by Gasteiger charge is -2.31. The molecule has 11 heteroatoms. The van der Waals surface area contributed by atoms with Crippen molar-refractivity contribution in [3.8, 4) is 5.75 Å². The number of anilines is 1. The summed E-state index contributed by atoms with van der Waals surface area (Å²) in [6.45, 7) is 2.07. The van der Waals surface area contributed by atoms with Crippen LogP contribution in [-0.2, 0) is 16.2 Å². The minimum atomic E-state index is -5.19. The maximum atomic E-state index is 13.6. The van der Waals surface area contributed by atoms with Gasteiger partial charge in [0.1, 0.15) is 12.4 Å². The van der Waals surface area contributed by atoms with E-state index in [-0.39, 0.29) is 12.3 Å². The van der Waals surface area contributed by atoms with Crippen molar-refractivity contribution < 1.29 is 32.7 Å². The Balaban J connectivity index is 1.62. The molecule has 0 bridgehead atoms. The summed E-state index contributed by atoms with van der Waals surface area (Å²) < 4.78 is 46.6. The van der Waals surface area contributed by atoms with Crippen LogP contribution in [0.3, 0.4) is 0 Å². The van der Waals surface area contributed by atoms with Gasteiger partial charge >= 0.3 is 12.1 Å². The number of carbonyl (C=O) groups is 2. The van der Waals surface area contributed by atoms with E-state index in [0.29, 0.717) is 15.5 Å². The number of hydrogen-bond acceptors (Lipinski definition) is 6. The predicted molar refractivity (Wildman–Crippen MR) is 132 cm³/mol. The molecule has 37 heavy (non-hydrogen) atoms. The Labute approximate surface area is 214 Å². The van der Waals surface area contributed by atoms with Crippen LogP contribution in [0.2, 0.25) is 0 Å². The van der Waals surface area contributed by atoms with E-state index < -0.39 is 30.5 Å². The van der Waals surface area contributed by atoms with Crippen LogP contribution in [0.25, 0.3) is 10.9 Å². The number of benzene rings is 2. The van der Waals surface area contributed by atoms with Crippen molar-refractivity contribution >= 4 is 39.7 Å². The second-order valence-electron chi connectivity index (χ2n) is 8.17. The van der Waals surface area contributed by atoms with E-state index in [1.165, 1.54) is 35.8 Å². The lowest BCUT2D eigenvalue weighted by molar-refractivity contribution is -0.171. The fourth-order valence-corrected chi connectivity index (χ4v) is 4.79. The molecule has 2 aromatic heterocycles. The van der Waals surface area contributed by atoms with E-state index in [2.05, 4.69) is 4.98 Å². The molecule has 1 unspecified atom stereocenters. The first-order chi connectivity index (χ1) is 17.7. The number of aromatic nitrogens is 1. The fraction of sp³-hybridized carbons (Fsp3) is 0.192. The van der Waals surface area contributed by atoms with Gasteiger partial charge in [0, 0.05) is 27.2 Å². The summed E-state index contributed by atoms with van der Waals surface area (Å²) in [5.41, 5.74) is 3.88. The van der Waals surface area contributed by atoms with Gasteiger partial charge in [0.2, 0.25) is 5.91 Å². The van der Waals surface area contributed by atoms with Gasteiger partial charge < -0.3 is 4.74 Å². The molecule has 2 aromatic carbocycles. The van der Waals surface area contributed by atoms with Crippen molar-refractivity contribution in [2.75, 3.05) is 4.90 Å². The van der Waals surface area contributed by atoms with Gasteiger partial charge in [-0.2, -0.15) is 13.2 Å². The molecule has 2 heterocycles. The number of alkyl halides is 3. The van der Waals surface area contributed by atoms with Gasteiger partial charge in [-0.15, -0.1) is 11.3 Å². The Hall–Kier alpha value is -3.96. The number of carbonyl (C=O) groups excluding carboxylic acids is 2. The third kappa shape index (κ3) is 6.07. The normalized spacial score (nSPS) is 12.2. The number of hydroxylamine groups is 1. The molecule has 0 aliphatic heterocycles. The second-order valence-corrected chi connectivity index (χ2v) is 9.14. The summed E-state index contributed by atoms with van der Waals surface area (Å²) in [6.07, 6.45) is -5.77. The molecule has 0 saturated heterocycles. The molecule has 0 radical (unpaired) electrons. The summed E-state index contributed by atoms with van der Waals surface area (Å²) in [6, 6.07) is 16.9. The molecule has 192 valence electrons. The minimum Gasteiger partial charge on any atom is -0.489 e. The quantitative estimate of drug-likeness (QED) is 0.225. The van der Waals surface area contributed by atoms with Gasteiger partial charge in [0.15, 0.2) is 0 Å². The van der Waals surface area contributed by atoms with E-state index in [0.717, 1.165) is 33.5 Å². The Kier molecular flexibility index (Phi) is 7.74. The number of aryl methyl sites for hydroxylation is 1. The van der Waals surface area contributed by atoms with Crippen LogP contribution in [-0.4, -0.2) is 28.2 Å². The van der Waals surface area contributed by atoms with Gasteiger partial charge in [-0.1, -0.05) is 24.3 Å². The smallest absolute Gasteiger partial charge is 0.471 e. The van der Waals surface area contributed by atoms with Crippen LogP contribution < -0.4 is 15.1 Å². The molecular weight excluding hydrogens is 507 g/mol. The van der Waals surface area contributed by atoms with E-state index in [1.54, 1.807) is 11.4 Å². The average molecular weight is 530 g/mol. The number of amides is 2. The first-order valence-corrected chi connectivity index (χ1v) is 12.0. The Morgan fingerprint density at radius 2 is 1.84 bits per heavy atom. The zero-order chi connectivity index (χ0) is 26.6. The van der Waals surface area contributed by atoms with E-state index in [4.69, 9.17) is 9.94 Å². The monoisotopic (exact) mass is 529 g/mol. The Bertz CT molecular complexity index is 1390. The number of halogens is 3. The van der Waals surface area contributed by atoms with E-state index in [9.17, 15) is 22.8 Å². The topological polar surface area (TPSA) is 91.8 Å². The number of thiophene rings is 1. The van der Waals surface area contributed by atoms with Crippen LogP contribution in [0.5, 0.6) is 5.75 Å². The molecule has 2 N–H and O–H groups in total. The minimum absolute atomic E-state index is 0.0796. The molecule has 4 aromatic rings. The maximum Gasteiger partial charge on any atom is 0.471 e. The van der Waals surface area contributed by atoms with Crippen LogP contribution >= 0.6 is 11.3 Å². The Morgan fingerprint density at radius 3 is 2.49 bits per heavy atom. The van der Waals surface area contributed by atoms with Gasteiger partial charge in [0.05, 0.1) is 18.0 Å². The predicted octanol–water partition coefficient (Wildman–Crippen LogP) is 5.72. The zero-order valence-electron chi connectivity index (χ0n) is 19.5. The molecule has 0 spiro atoms. The van der Waals surface area contributed by atoms with Gasteiger partial charge in [-0.3, -0.25) is 24.7 Å². The first-order valence-electron chi connectivity index (χ1n) is 11.1. The third-order valence-electron chi connectivity index (χ3n) is 5.59. The molecular formula is C26H22F3N3O4S. The molecule has 0 saturated carbocycles. The van der Waals surface area contributed by atoms with Gasteiger partial charge in [0.25, 0.3) is 0 Å². The fourth-order valence-electron chi connectivity index (χ4n) is 3.97. The third-order valence-corrected chi connectivity index (χ3v) is 6.56. The number of nitrogens with zero attached hydrogens (tertiary/aromatic N) is 2. The SMILES string of the molecule is Cc1cc(COc2ccc(N(C(=O)C(F)(F)F)C(CC(=O)NO)c3cccs3)cc2)c2ccccc2n1. The van der Waals surface area contributed by atoms with Crippen molar-refractivity contribution in [1.82, 2.24) is 10.5 Å². The van der Waals surface area contributed by atoms with E-state index >= 15 is 0 Å². The van der Waals surface area contributed by atoms with Crippen LogP contribution in [0.15, 0.2) is 72.1 Å². The summed E-state index contributed by atoms with van der Waals surface area (Å²) in [4.78, 5) is 29.8. The average Bonchev–Trinajstić information content (AvgIpc) is 3.41. The highest BCUT2D eigenvalue weighted by Crippen LogP contribution is 2.37. The summed E-state index contributed by atoms with van der Waals surface area (Å²) in [7, 11) is 0.